The molecule has 0 atom stereocenters. The molecule has 0 aliphatic carbocycles. The summed E-state index contributed by atoms with van der Waals surface area (Å²) in [5.74, 6) is 1.26. The standard InChI is InChI=1S/C14H13ClFNO2S/c1-18-13-6-12(7-17-14(13)19-2)20-8-9-3-10(15)5-11(16)4-9/h3-7H,8H2,1-2H3. The zero-order valence-electron chi connectivity index (χ0n) is 11.0. The number of aromatic nitrogens is 1. The molecule has 0 unspecified atom stereocenters. The van der Waals surface area contributed by atoms with Crippen molar-refractivity contribution < 1.29 is 13.9 Å². The maximum atomic E-state index is 13.2. The van der Waals surface area contributed by atoms with Crippen LogP contribution in [0.25, 0.3) is 0 Å². The average molecular weight is 314 g/mol. The molecule has 0 fully saturated rings. The summed E-state index contributed by atoms with van der Waals surface area (Å²) >= 11 is 7.34. The Kier molecular flexibility index (Phi) is 5.09. The molecule has 1 heterocycles. The SMILES string of the molecule is COc1cc(SCc2cc(F)cc(Cl)c2)cnc1OC. The first-order valence-corrected chi connectivity index (χ1v) is 7.14. The van der Waals surface area contributed by atoms with Gasteiger partial charge in [0.2, 0.25) is 0 Å². The van der Waals surface area contributed by atoms with Crippen LogP contribution in [0.1, 0.15) is 5.56 Å². The lowest BCUT2D eigenvalue weighted by atomic mass is 10.2. The molecule has 0 amide bonds. The van der Waals surface area contributed by atoms with Gasteiger partial charge in [0.15, 0.2) is 5.75 Å². The number of rotatable bonds is 5. The lowest BCUT2D eigenvalue weighted by molar-refractivity contribution is 0.341. The Morgan fingerprint density at radius 3 is 2.65 bits per heavy atom. The van der Waals surface area contributed by atoms with E-state index in [0.717, 1.165) is 10.5 Å². The second kappa shape index (κ2) is 6.81. The summed E-state index contributed by atoms with van der Waals surface area (Å²) < 4.78 is 23.5. The molecule has 2 aromatic rings. The van der Waals surface area contributed by atoms with Gasteiger partial charge >= 0.3 is 0 Å². The molecule has 0 saturated heterocycles. The second-order valence-electron chi connectivity index (χ2n) is 3.95. The van der Waals surface area contributed by atoms with E-state index >= 15 is 0 Å². The van der Waals surface area contributed by atoms with Crippen molar-refractivity contribution in [2.75, 3.05) is 14.2 Å². The summed E-state index contributed by atoms with van der Waals surface area (Å²) in [6.07, 6.45) is 1.69. The smallest absolute Gasteiger partial charge is 0.256 e. The van der Waals surface area contributed by atoms with E-state index in [2.05, 4.69) is 4.98 Å². The van der Waals surface area contributed by atoms with Crippen LogP contribution < -0.4 is 9.47 Å². The normalized spacial score (nSPS) is 10.4. The van der Waals surface area contributed by atoms with Crippen LogP contribution in [0.15, 0.2) is 35.4 Å². The van der Waals surface area contributed by atoms with Crippen LogP contribution in [0.3, 0.4) is 0 Å². The van der Waals surface area contributed by atoms with Crippen molar-refractivity contribution >= 4 is 23.4 Å². The molecule has 1 aromatic carbocycles. The molecule has 0 radical (unpaired) electrons. The Morgan fingerprint density at radius 2 is 2.00 bits per heavy atom. The van der Waals surface area contributed by atoms with E-state index in [-0.39, 0.29) is 5.82 Å². The number of nitrogens with zero attached hydrogens (tertiary/aromatic N) is 1. The number of hydrogen-bond donors (Lipinski definition) is 0. The van der Waals surface area contributed by atoms with Gasteiger partial charge in [0.05, 0.1) is 14.2 Å². The number of methoxy groups -OCH3 is 2. The van der Waals surface area contributed by atoms with Gasteiger partial charge in [0.1, 0.15) is 5.82 Å². The van der Waals surface area contributed by atoms with Gasteiger partial charge < -0.3 is 9.47 Å². The van der Waals surface area contributed by atoms with Gasteiger partial charge in [-0.1, -0.05) is 11.6 Å². The molecule has 20 heavy (non-hydrogen) atoms. The maximum absolute atomic E-state index is 13.2. The number of hydrogen-bond acceptors (Lipinski definition) is 4. The van der Waals surface area contributed by atoms with Crippen LogP contribution in [0, 0.1) is 5.82 Å². The predicted molar refractivity (Wildman–Crippen MR) is 78.3 cm³/mol. The fourth-order valence-corrected chi connectivity index (χ4v) is 2.72. The Labute approximate surface area is 126 Å². The molecule has 0 saturated carbocycles. The van der Waals surface area contributed by atoms with Crippen molar-refractivity contribution in [3.05, 3.63) is 46.9 Å². The number of halogens is 2. The summed E-state index contributed by atoms with van der Waals surface area (Å²) in [5, 5.41) is 0.394. The minimum absolute atomic E-state index is 0.335. The van der Waals surface area contributed by atoms with Crippen LogP contribution in [-0.4, -0.2) is 19.2 Å². The number of pyridine rings is 1. The minimum Gasteiger partial charge on any atom is -0.491 e. The summed E-state index contributed by atoms with van der Waals surface area (Å²) in [6, 6.07) is 6.32. The molecule has 0 bridgehead atoms. The monoisotopic (exact) mass is 313 g/mol. The van der Waals surface area contributed by atoms with Crippen molar-refractivity contribution in [2.24, 2.45) is 0 Å². The number of thioether (sulfide) groups is 1. The third-order valence-corrected chi connectivity index (χ3v) is 3.79. The van der Waals surface area contributed by atoms with E-state index < -0.39 is 0 Å². The van der Waals surface area contributed by atoms with Crippen LogP contribution in [0.5, 0.6) is 11.6 Å². The Bertz CT molecular complexity index is 589. The maximum Gasteiger partial charge on any atom is 0.256 e. The highest BCUT2D eigenvalue weighted by atomic mass is 35.5. The van der Waals surface area contributed by atoms with Gasteiger partial charge in [-0.25, -0.2) is 9.37 Å². The van der Waals surface area contributed by atoms with Crippen molar-refractivity contribution in [2.45, 2.75) is 10.6 Å². The molecule has 3 nitrogen and oxygen atoms in total. The topological polar surface area (TPSA) is 31.4 Å². The van der Waals surface area contributed by atoms with Gasteiger partial charge in [-0.15, -0.1) is 11.8 Å². The van der Waals surface area contributed by atoms with Gasteiger partial charge in [0.25, 0.3) is 5.88 Å². The first-order chi connectivity index (χ1) is 9.62. The molecule has 0 N–H and O–H groups in total. The molecule has 0 aliphatic heterocycles. The van der Waals surface area contributed by atoms with Gasteiger partial charge in [-0.2, -0.15) is 0 Å². The van der Waals surface area contributed by atoms with E-state index in [9.17, 15) is 4.39 Å². The highest BCUT2D eigenvalue weighted by Crippen LogP contribution is 2.31. The molecular formula is C14H13ClFNO2S. The van der Waals surface area contributed by atoms with E-state index in [1.54, 1.807) is 19.4 Å². The Hall–Kier alpha value is -1.46. The first-order valence-electron chi connectivity index (χ1n) is 5.78. The molecule has 6 heteroatoms. The fraction of sp³-hybridized carbons (Fsp3) is 0.214. The molecule has 106 valence electrons. The van der Waals surface area contributed by atoms with Crippen molar-refractivity contribution in [3.8, 4) is 11.6 Å². The Balaban J connectivity index is 2.10. The first kappa shape index (κ1) is 14.9. The molecule has 1 aromatic heterocycles. The largest absolute Gasteiger partial charge is 0.491 e. The summed E-state index contributed by atoms with van der Waals surface area (Å²) in [5.41, 5.74) is 0.815. The summed E-state index contributed by atoms with van der Waals surface area (Å²) in [4.78, 5) is 5.05. The highest BCUT2D eigenvalue weighted by molar-refractivity contribution is 7.98. The van der Waals surface area contributed by atoms with E-state index in [0.29, 0.717) is 22.4 Å². The zero-order valence-corrected chi connectivity index (χ0v) is 12.6. The number of benzene rings is 1. The lowest BCUT2D eigenvalue weighted by Gasteiger charge is -2.08. The van der Waals surface area contributed by atoms with E-state index in [1.807, 2.05) is 6.07 Å². The van der Waals surface area contributed by atoms with Crippen molar-refractivity contribution in [3.63, 3.8) is 0 Å². The summed E-state index contributed by atoms with van der Waals surface area (Å²) in [7, 11) is 3.09. The number of ether oxygens (including phenoxy) is 2. The van der Waals surface area contributed by atoms with Crippen molar-refractivity contribution in [1.29, 1.82) is 0 Å². The second-order valence-corrected chi connectivity index (χ2v) is 5.43. The van der Waals surface area contributed by atoms with Crippen LogP contribution in [0.2, 0.25) is 5.02 Å². The van der Waals surface area contributed by atoms with Crippen LogP contribution in [-0.2, 0) is 5.75 Å². The molecular weight excluding hydrogens is 301 g/mol. The summed E-state index contributed by atoms with van der Waals surface area (Å²) in [6.45, 7) is 0. The predicted octanol–water partition coefficient (Wildman–Crippen LogP) is 4.18. The quantitative estimate of drug-likeness (QED) is 0.775. The Morgan fingerprint density at radius 1 is 1.20 bits per heavy atom. The third kappa shape index (κ3) is 3.77. The third-order valence-electron chi connectivity index (χ3n) is 2.53. The van der Waals surface area contributed by atoms with E-state index in [1.165, 1.54) is 31.0 Å². The lowest BCUT2D eigenvalue weighted by Crippen LogP contribution is -1.93. The van der Waals surface area contributed by atoms with Crippen molar-refractivity contribution in [1.82, 2.24) is 4.98 Å². The van der Waals surface area contributed by atoms with Gasteiger partial charge in [0, 0.05) is 27.9 Å². The van der Waals surface area contributed by atoms with E-state index in [4.69, 9.17) is 21.1 Å². The van der Waals surface area contributed by atoms with Gasteiger partial charge in [-0.3, -0.25) is 0 Å². The fourth-order valence-electron chi connectivity index (χ4n) is 1.65. The van der Waals surface area contributed by atoms with Crippen LogP contribution in [0.4, 0.5) is 4.39 Å². The van der Waals surface area contributed by atoms with Crippen LogP contribution >= 0.6 is 23.4 Å². The minimum atomic E-state index is -0.335. The molecule has 2 rings (SSSR count). The molecule has 0 aliphatic rings. The molecule has 0 spiro atoms. The van der Waals surface area contributed by atoms with Gasteiger partial charge in [-0.05, 0) is 23.8 Å². The highest BCUT2D eigenvalue weighted by Gasteiger charge is 2.07. The average Bonchev–Trinajstić information content (AvgIpc) is 2.43. The zero-order chi connectivity index (χ0) is 14.5.